The molecular formula is C15H26N4O. The fourth-order valence-electron chi connectivity index (χ4n) is 2.53. The average molecular weight is 278 g/mol. The minimum Gasteiger partial charge on any atom is -0.383 e. The van der Waals surface area contributed by atoms with Gasteiger partial charge in [0.15, 0.2) is 0 Å². The third-order valence-corrected chi connectivity index (χ3v) is 3.76. The summed E-state index contributed by atoms with van der Waals surface area (Å²) in [7, 11) is 1.74. The van der Waals surface area contributed by atoms with Crippen LogP contribution in [0.15, 0.2) is 12.4 Å². The molecule has 0 aromatic carbocycles. The molecule has 2 rings (SSSR count). The van der Waals surface area contributed by atoms with Crippen molar-refractivity contribution in [3.63, 3.8) is 0 Å². The molecule has 2 heterocycles. The lowest BCUT2D eigenvalue weighted by atomic mass is 10.1. The Bertz CT molecular complexity index is 405. The lowest BCUT2D eigenvalue weighted by Gasteiger charge is -2.27. The number of hydrogen-bond donors (Lipinski definition) is 1. The van der Waals surface area contributed by atoms with Gasteiger partial charge in [-0.2, -0.15) is 0 Å². The van der Waals surface area contributed by atoms with Crippen LogP contribution in [0.2, 0.25) is 0 Å². The summed E-state index contributed by atoms with van der Waals surface area (Å²) in [5, 5.41) is 3.54. The lowest BCUT2D eigenvalue weighted by Crippen LogP contribution is -2.39. The van der Waals surface area contributed by atoms with E-state index >= 15 is 0 Å². The number of nitrogens with one attached hydrogen (secondary N) is 1. The van der Waals surface area contributed by atoms with Crippen LogP contribution in [0.25, 0.3) is 0 Å². The Morgan fingerprint density at radius 2 is 2.30 bits per heavy atom. The molecule has 20 heavy (non-hydrogen) atoms. The van der Waals surface area contributed by atoms with Gasteiger partial charge in [-0.05, 0) is 25.3 Å². The summed E-state index contributed by atoms with van der Waals surface area (Å²) in [6.45, 7) is 8.01. The monoisotopic (exact) mass is 278 g/mol. The smallest absolute Gasteiger partial charge is 0.132 e. The van der Waals surface area contributed by atoms with Gasteiger partial charge in [-0.25, -0.2) is 9.97 Å². The molecule has 1 aliphatic rings. The molecule has 0 saturated carbocycles. The summed E-state index contributed by atoms with van der Waals surface area (Å²) in [6, 6.07) is 2.67. The summed E-state index contributed by atoms with van der Waals surface area (Å²) >= 11 is 0. The maximum Gasteiger partial charge on any atom is 0.132 e. The number of aromatic nitrogens is 2. The number of rotatable bonds is 7. The lowest BCUT2D eigenvalue weighted by molar-refractivity contribution is 0.204. The highest BCUT2D eigenvalue weighted by Crippen LogP contribution is 2.18. The van der Waals surface area contributed by atoms with E-state index in [1.807, 2.05) is 0 Å². The molecule has 1 N–H and O–H groups in total. The number of ether oxygens (including phenoxy) is 1. The van der Waals surface area contributed by atoms with Gasteiger partial charge in [0.05, 0.1) is 6.61 Å². The predicted octanol–water partition coefficient (Wildman–Crippen LogP) is 1.80. The first-order valence-electron chi connectivity index (χ1n) is 7.50. The van der Waals surface area contributed by atoms with Gasteiger partial charge in [-0.1, -0.05) is 13.8 Å². The summed E-state index contributed by atoms with van der Waals surface area (Å²) in [4.78, 5) is 11.1. The van der Waals surface area contributed by atoms with E-state index in [0.29, 0.717) is 18.6 Å². The first-order valence-corrected chi connectivity index (χ1v) is 7.50. The van der Waals surface area contributed by atoms with E-state index in [1.165, 1.54) is 12.8 Å². The van der Waals surface area contributed by atoms with Gasteiger partial charge in [0.2, 0.25) is 0 Å². The van der Waals surface area contributed by atoms with E-state index in [2.05, 4.69) is 40.1 Å². The van der Waals surface area contributed by atoms with E-state index in [0.717, 1.165) is 31.1 Å². The molecule has 0 spiro atoms. The molecule has 0 radical (unpaired) electrons. The second kappa shape index (κ2) is 7.55. The number of anilines is 1. The zero-order valence-corrected chi connectivity index (χ0v) is 12.8. The normalized spacial score (nSPS) is 18.7. The molecule has 112 valence electrons. The van der Waals surface area contributed by atoms with E-state index in [9.17, 15) is 0 Å². The Hall–Kier alpha value is -1.20. The van der Waals surface area contributed by atoms with Gasteiger partial charge < -0.3 is 15.0 Å². The van der Waals surface area contributed by atoms with Crippen LogP contribution in [0.1, 0.15) is 38.3 Å². The quantitative estimate of drug-likeness (QED) is 0.824. The minimum absolute atomic E-state index is 0.422. The summed E-state index contributed by atoms with van der Waals surface area (Å²) in [5.74, 6) is 1.43. The highest BCUT2D eigenvalue weighted by molar-refractivity contribution is 5.39. The van der Waals surface area contributed by atoms with Gasteiger partial charge in [-0.15, -0.1) is 0 Å². The largest absolute Gasteiger partial charge is 0.383 e. The third-order valence-electron chi connectivity index (χ3n) is 3.76. The van der Waals surface area contributed by atoms with Crippen molar-refractivity contribution in [3.8, 4) is 0 Å². The Morgan fingerprint density at radius 3 is 2.95 bits per heavy atom. The molecule has 5 heteroatoms. The maximum atomic E-state index is 5.23. The summed E-state index contributed by atoms with van der Waals surface area (Å²) in [6.07, 6.45) is 4.18. The summed E-state index contributed by atoms with van der Waals surface area (Å²) < 4.78 is 5.23. The van der Waals surface area contributed by atoms with E-state index in [4.69, 9.17) is 4.74 Å². The van der Waals surface area contributed by atoms with Crippen molar-refractivity contribution in [2.24, 2.45) is 0 Å². The van der Waals surface area contributed by atoms with Crippen LogP contribution in [0.3, 0.4) is 0 Å². The third kappa shape index (κ3) is 4.15. The molecule has 1 saturated heterocycles. The second-order valence-corrected chi connectivity index (χ2v) is 5.69. The van der Waals surface area contributed by atoms with Crippen LogP contribution in [0.4, 0.5) is 5.82 Å². The molecule has 0 amide bonds. The van der Waals surface area contributed by atoms with Crippen LogP contribution < -0.4 is 10.2 Å². The van der Waals surface area contributed by atoms with E-state index < -0.39 is 0 Å². The SMILES string of the molecule is COCCN(CC1CCCN1)c1cc(C(C)C)ncn1. The molecular weight excluding hydrogens is 252 g/mol. The first kappa shape index (κ1) is 15.2. The Labute approximate surface area is 121 Å². The van der Waals surface area contributed by atoms with Crippen molar-refractivity contribution in [1.82, 2.24) is 15.3 Å². The number of nitrogens with zero attached hydrogens (tertiary/aromatic N) is 3. The average Bonchev–Trinajstić information content (AvgIpc) is 2.96. The molecule has 0 aliphatic carbocycles. The fraction of sp³-hybridized carbons (Fsp3) is 0.733. The van der Waals surface area contributed by atoms with Crippen molar-refractivity contribution in [1.29, 1.82) is 0 Å². The summed E-state index contributed by atoms with van der Waals surface area (Å²) in [5.41, 5.74) is 1.09. The topological polar surface area (TPSA) is 50.3 Å². The van der Waals surface area contributed by atoms with Gasteiger partial charge in [0.25, 0.3) is 0 Å². The fourth-order valence-corrected chi connectivity index (χ4v) is 2.53. The van der Waals surface area contributed by atoms with Gasteiger partial charge >= 0.3 is 0 Å². The molecule has 1 aliphatic heterocycles. The highest BCUT2D eigenvalue weighted by atomic mass is 16.5. The molecule has 1 atom stereocenters. The van der Waals surface area contributed by atoms with Crippen molar-refractivity contribution < 1.29 is 4.74 Å². The van der Waals surface area contributed by atoms with Crippen LogP contribution in [-0.2, 0) is 4.74 Å². The van der Waals surface area contributed by atoms with Gasteiger partial charge in [-0.3, -0.25) is 0 Å². The van der Waals surface area contributed by atoms with Crippen LogP contribution in [0, 0.1) is 0 Å². The van der Waals surface area contributed by atoms with Crippen molar-refractivity contribution >= 4 is 5.82 Å². The standard InChI is InChI=1S/C15H26N4O/c1-12(2)14-9-15(18-11-17-14)19(7-8-20-3)10-13-5-4-6-16-13/h9,11-13,16H,4-8,10H2,1-3H3. The van der Waals surface area contributed by atoms with E-state index in [-0.39, 0.29) is 0 Å². The highest BCUT2D eigenvalue weighted by Gasteiger charge is 2.19. The van der Waals surface area contributed by atoms with Crippen LogP contribution in [-0.4, -0.2) is 49.4 Å². The van der Waals surface area contributed by atoms with Crippen molar-refractivity contribution in [2.75, 3.05) is 38.3 Å². The Balaban J connectivity index is 2.09. The first-order chi connectivity index (χ1) is 9.70. The van der Waals surface area contributed by atoms with Crippen molar-refractivity contribution in [3.05, 3.63) is 18.1 Å². The maximum absolute atomic E-state index is 5.23. The second-order valence-electron chi connectivity index (χ2n) is 5.69. The van der Waals surface area contributed by atoms with Gasteiger partial charge in [0.1, 0.15) is 12.1 Å². The van der Waals surface area contributed by atoms with Crippen molar-refractivity contribution in [2.45, 2.75) is 38.6 Å². The molecule has 1 aromatic rings. The molecule has 1 aromatic heterocycles. The van der Waals surface area contributed by atoms with Gasteiger partial charge in [0, 0.05) is 38.0 Å². The Kier molecular flexibility index (Phi) is 5.73. The molecule has 1 unspecified atom stereocenters. The molecule has 0 bridgehead atoms. The van der Waals surface area contributed by atoms with Crippen LogP contribution >= 0.6 is 0 Å². The molecule has 1 fully saturated rings. The zero-order valence-electron chi connectivity index (χ0n) is 12.8. The van der Waals surface area contributed by atoms with E-state index in [1.54, 1.807) is 13.4 Å². The Morgan fingerprint density at radius 1 is 1.45 bits per heavy atom. The minimum atomic E-state index is 0.422. The zero-order chi connectivity index (χ0) is 14.4. The van der Waals surface area contributed by atoms with Crippen LogP contribution in [0.5, 0.6) is 0 Å². The number of methoxy groups -OCH3 is 1. The predicted molar refractivity (Wildman–Crippen MR) is 81.2 cm³/mol. The number of hydrogen-bond acceptors (Lipinski definition) is 5. The molecule has 5 nitrogen and oxygen atoms in total.